The van der Waals surface area contributed by atoms with Crippen LogP contribution in [0.4, 0.5) is 0 Å². The normalized spacial score (nSPS) is 10.9. The Morgan fingerprint density at radius 2 is 1.88 bits per heavy atom. The fraction of sp³-hybridized carbons (Fsp3) is 0.167. The van der Waals surface area contributed by atoms with Crippen molar-refractivity contribution in [2.45, 2.75) is 17.8 Å². The van der Waals surface area contributed by atoms with Crippen LogP contribution in [0.1, 0.15) is 34.5 Å². The quantitative estimate of drug-likeness (QED) is 0.252. The topological polar surface area (TPSA) is 47.8 Å². The van der Waals surface area contributed by atoms with Gasteiger partial charge in [-0.1, -0.05) is 59.3 Å². The summed E-state index contributed by atoms with van der Waals surface area (Å²) in [6.45, 7) is 2.02. The molecule has 0 bridgehead atoms. The first-order valence-electron chi connectivity index (χ1n) is 7.65. The number of carbonyl (C=O) groups excluding carboxylic acids is 1. The number of alkyl halides is 1. The average Bonchev–Trinajstić information content (AvgIpc) is 3.04. The van der Waals surface area contributed by atoms with Gasteiger partial charge in [-0.2, -0.15) is 0 Å². The number of carbonyl (C=O) groups is 1. The van der Waals surface area contributed by atoms with E-state index in [-0.39, 0.29) is 5.78 Å². The van der Waals surface area contributed by atoms with Crippen LogP contribution < -0.4 is 0 Å². The van der Waals surface area contributed by atoms with E-state index in [2.05, 4.69) is 48.7 Å². The zero-order valence-electron chi connectivity index (χ0n) is 13.3. The SMILES string of the molecule is CCc1nnc(CI)n1-c1cccc(Br)c1C(=O)c1ccccc1Cl. The van der Waals surface area contributed by atoms with Gasteiger partial charge in [0.25, 0.3) is 0 Å². The predicted octanol–water partition coefficient (Wildman–Crippen LogP) is 5.41. The number of ketones is 1. The second-order valence-corrected chi connectivity index (χ2v) is 7.32. The fourth-order valence-corrected chi connectivity index (χ4v) is 3.90. The van der Waals surface area contributed by atoms with Crippen LogP contribution in [0, 0.1) is 0 Å². The van der Waals surface area contributed by atoms with E-state index in [0.29, 0.717) is 25.0 Å². The van der Waals surface area contributed by atoms with Crippen molar-refractivity contribution in [3.05, 3.63) is 74.7 Å². The lowest BCUT2D eigenvalue weighted by Crippen LogP contribution is -2.12. The molecular weight excluding hydrogens is 516 g/mol. The maximum atomic E-state index is 13.2. The van der Waals surface area contributed by atoms with Crippen LogP contribution in [0.25, 0.3) is 5.69 Å². The average molecular weight is 531 g/mol. The summed E-state index contributed by atoms with van der Waals surface area (Å²) >= 11 is 12.0. The number of halogens is 3. The van der Waals surface area contributed by atoms with Crippen LogP contribution in [0.3, 0.4) is 0 Å². The zero-order chi connectivity index (χ0) is 18.0. The minimum Gasteiger partial charge on any atom is -0.288 e. The Kier molecular flexibility index (Phi) is 5.91. The van der Waals surface area contributed by atoms with Crippen LogP contribution in [-0.4, -0.2) is 20.5 Å². The number of rotatable bonds is 5. The summed E-state index contributed by atoms with van der Waals surface area (Å²) in [7, 11) is 0. The van der Waals surface area contributed by atoms with Gasteiger partial charge in [0.05, 0.1) is 20.7 Å². The molecule has 25 heavy (non-hydrogen) atoms. The second-order valence-electron chi connectivity index (χ2n) is 5.30. The molecule has 0 aliphatic carbocycles. The van der Waals surface area contributed by atoms with Gasteiger partial charge in [0.1, 0.15) is 11.6 Å². The number of nitrogens with zero attached hydrogens (tertiary/aromatic N) is 3. The van der Waals surface area contributed by atoms with Gasteiger partial charge in [-0.25, -0.2) is 0 Å². The van der Waals surface area contributed by atoms with E-state index < -0.39 is 0 Å². The van der Waals surface area contributed by atoms with E-state index in [1.807, 2.05) is 41.8 Å². The smallest absolute Gasteiger partial charge is 0.197 e. The molecule has 4 nitrogen and oxygen atoms in total. The number of hydrogen-bond acceptors (Lipinski definition) is 3. The van der Waals surface area contributed by atoms with E-state index in [4.69, 9.17) is 11.6 Å². The Morgan fingerprint density at radius 3 is 2.56 bits per heavy atom. The third-order valence-corrected chi connectivity index (χ3v) is 5.48. The van der Waals surface area contributed by atoms with Gasteiger partial charge in [-0.3, -0.25) is 9.36 Å². The third kappa shape index (κ3) is 3.52. The first-order valence-corrected chi connectivity index (χ1v) is 10.3. The van der Waals surface area contributed by atoms with Crippen molar-refractivity contribution < 1.29 is 4.79 Å². The summed E-state index contributed by atoms with van der Waals surface area (Å²) in [6.07, 6.45) is 0.718. The molecule has 3 rings (SSSR count). The van der Waals surface area contributed by atoms with Crippen molar-refractivity contribution in [1.82, 2.24) is 14.8 Å². The minimum absolute atomic E-state index is 0.136. The standard InChI is InChI=1S/C18H14BrClIN3O/c1-2-15-22-23-16(10-21)24(15)14-9-5-7-12(19)17(14)18(25)11-6-3-4-8-13(11)20/h3-9H,2,10H2,1H3. The molecule has 1 heterocycles. The molecule has 3 aromatic rings. The largest absolute Gasteiger partial charge is 0.288 e. The monoisotopic (exact) mass is 529 g/mol. The highest BCUT2D eigenvalue weighted by molar-refractivity contribution is 14.1. The molecule has 0 aliphatic heterocycles. The van der Waals surface area contributed by atoms with E-state index >= 15 is 0 Å². The van der Waals surface area contributed by atoms with E-state index in [0.717, 1.165) is 23.8 Å². The Hall–Kier alpha value is -1.25. The van der Waals surface area contributed by atoms with Gasteiger partial charge in [0.15, 0.2) is 5.78 Å². The van der Waals surface area contributed by atoms with Crippen molar-refractivity contribution in [3.63, 3.8) is 0 Å². The highest BCUT2D eigenvalue weighted by atomic mass is 127. The van der Waals surface area contributed by atoms with Crippen molar-refractivity contribution in [1.29, 1.82) is 0 Å². The summed E-state index contributed by atoms with van der Waals surface area (Å²) in [6, 6.07) is 12.7. The van der Waals surface area contributed by atoms with E-state index in [9.17, 15) is 4.79 Å². The van der Waals surface area contributed by atoms with Crippen molar-refractivity contribution in [2.24, 2.45) is 0 Å². The molecule has 2 aromatic carbocycles. The van der Waals surface area contributed by atoms with Gasteiger partial charge in [0, 0.05) is 16.5 Å². The third-order valence-electron chi connectivity index (χ3n) is 3.81. The summed E-state index contributed by atoms with van der Waals surface area (Å²) in [5, 5.41) is 8.95. The zero-order valence-corrected chi connectivity index (χ0v) is 17.8. The first-order chi connectivity index (χ1) is 12.1. The molecule has 0 unspecified atom stereocenters. The minimum atomic E-state index is -0.136. The second kappa shape index (κ2) is 7.97. The van der Waals surface area contributed by atoms with E-state index in [1.165, 1.54) is 0 Å². The van der Waals surface area contributed by atoms with Gasteiger partial charge in [-0.15, -0.1) is 10.2 Å². The Morgan fingerprint density at radius 1 is 1.16 bits per heavy atom. The van der Waals surface area contributed by atoms with Crippen molar-refractivity contribution in [3.8, 4) is 5.69 Å². The first kappa shape index (κ1) is 18.5. The fourth-order valence-electron chi connectivity index (χ4n) is 2.65. The van der Waals surface area contributed by atoms with Gasteiger partial charge in [-0.05, 0) is 40.2 Å². The van der Waals surface area contributed by atoms with Crippen LogP contribution in [0.5, 0.6) is 0 Å². The summed E-state index contributed by atoms with van der Waals surface area (Å²) < 4.78 is 3.36. The van der Waals surface area contributed by atoms with Crippen LogP contribution in [0.2, 0.25) is 5.02 Å². The number of hydrogen-bond donors (Lipinski definition) is 0. The van der Waals surface area contributed by atoms with Crippen LogP contribution >= 0.6 is 50.1 Å². The molecular formula is C18H14BrClIN3O. The summed E-state index contributed by atoms with van der Waals surface area (Å²) in [4.78, 5) is 13.2. The van der Waals surface area contributed by atoms with Crippen LogP contribution in [-0.2, 0) is 10.8 Å². The molecule has 7 heteroatoms. The molecule has 0 saturated carbocycles. The molecule has 0 N–H and O–H groups in total. The maximum absolute atomic E-state index is 13.2. The molecule has 0 aliphatic rings. The number of aryl methyl sites for hydroxylation is 1. The lowest BCUT2D eigenvalue weighted by Gasteiger charge is -2.15. The van der Waals surface area contributed by atoms with Crippen molar-refractivity contribution >= 4 is 55.9 Å². The van der Waals surface area contributed by atoms with Crippen molar-refractivity contribution in [2.75, 3.05) is 0 Å². The lowest BCUT2D eigenvalue weighted by molar-refractivity contribution is 0.103. The molecule has 0 atom stereocenters. The molecule has 128 valence electrons. The van der Waals surface area contributed by atoms with Gasteiger partial charge < -0.3 is 0 Å². The van der Waals surface area contributed by atoms with Gasteiger partial charge in [0.2, 0.25) is 0 Å². The molecule has 0 radical (unpaired) electrons. The van der Waals surface area contributed by atoms with Gasteiger partial charge >= 0.3 is 0 Å². The number of aromatic nitrogens is 3. The Labute approximate surface area is 172 Å². The summed E-state index contributed by atoms with van der Waals surface area (Å²) in [5.41, 5.74) is 1.78. The molecule has 0 spiro atoms. The molecule has 0 saturated heterocycles. The summed E-state index contributed by atoms with van der Waals surface area (Å²) in [5.74, 6) is 1.49. The maximum Gasteiger partial charge on any atom is 0.197 e. The number of benzene rings is 2. The van der Waals surface area contributed by atoms with E-state index in [1.54, 1.807) is 12.1 Å². The highest BCUT2D eigenvalue weighted by Crippen LogP contribution is 2.30. The molecule has 0 fully saturated rings. The molecule has 1 aromatic heterocycles. The Balaban J connectivity index is 2.25. The molecule has 0 amide bonds. The lowest BCUT2D eigenvalue weighted by atomic mass is 10.0. The highest BCUT2D eigenvalue weighted by Gasteiger charge is 2.23. The predicted molar refractivity (Wildman–Crippen MR) is 111 cm³/mol. The Bertz CT molecular complexity index is 920. The van der Waals surface area contributed by atoms with Crippen LogP contribution in [0.15, 0.2) is 46.9 Å².